The predicted molar refractivity (Wildman–Crippen MR) is 116 cm³/mol. The molecule has 1 aliphatic heterocycles. The Balaban J connectivity index is 1.92. The van der Waals surface area contributed by atoms with Crippen LogP contribution in [-0.2, 0) is 4.79 Å². The molecule has 0 saturated heterocycles. The van der Waals surface area contributed by atoms with E-state index in [0.717, 1.165) is 16.1 Å². The first kappa shape index (κ1) is 20.0. The van der Waals surface area contributed by atoms with Crippen LogP contribution >= 0.6 is 11.3 Å². The van der Waals surface area contributed by atoms with E-state index in [0.29, 0.717) is 21.8 Å². The Morgan fingerprint density at radius 3 is 2.43 bits per heavy atom. The fourth-order valence-electron chi connectivity index (χ4n) is 3.79. The molecule has 1 atom stereocenters. The van der Waals surface area contributed by atoms with Crippen LogP contribution in [0.5, 0.6) is 0 Å². The summed E-state index contributed by atoms with van der Waals surface area (Å²) in [7, 11) is 0. The Hall–Kier alpha value is -3.32. The molecule has 2 aromatic heterocycles. The van der Waals surface area contributed by atoms with Crippen LogP contribution in [0.4, 0.5) is 5.69 Å². The molecule has 152 valence electrons. The number of hydrogen-bond acceptors (Lipinski definition) is 6. The van der Waals surface area contributed by atoms with Gasteiger partial charge >= 0.3 is 0 Å². The topological polar surface area (TPSA) is 83.4 Å². The molecule has 1 aliphatic rings. The number of nitrogens with zero attached hydrogens (tertiary/aromatic N) is 3. The van der Waals surface area contributed by atoms with Gasteiger partial charge in [-0.3, -0.25) is 19.5 Å². The average molecular weight is 420 g/mol. The van der Waals surface area contributed by atoms with E-state index in [1.54, 1.807) is 31.5 Å². The average Bonchev–Trinajstić information content (AvgIpc) is 3.20. The Morgan fingerprint density at radius 1 is 1.10 bits per heavy atom. The van der Waals surface area contributed by atoms with Gasteiger partial charge in [0.2, 0.25) is 5.78 Å². The maximum atomic E-state index is 13.5. The molecule has 0 aliphatic carbocycles. The first-order chi connectivity index (χ1) is 14.3. The molecule has 0 bridgehead atoms. The second-order valence-corrected chi connectivity index (χ2v) is 8.59. The van der Waals surface area contributed by atoms with Gasteiger partial charge in [-0.2, -0.15) is 0 Å². The summed E-state index contributed by atoms with van der Waals surface area (Å²) in [6.45, 7) is 7.42. The maximum Gasteiger partial charge on any atom is 0.294 e. The van der Waals surface area contributed by atoms with Gasteiger partial charge in [0.05, 0.1) is 27.2 Å². The Bertz CT molecular complexity index is 1200. The van der Waals surface area contributed by atoms with Gasteiger partial charge in [-0.25, -0.2) is 4.98 Å². The van der Waals surface area contributed by atoms with Crippen LogP contribution in [0.3, 0.4) is 0 Å². The molecule has 0 spiro atoms. The van der Waals surface area contributed by atoms with Crippen molar-refractivity contribution in [3.63, 3.8) is 0 Å². The number of rotatable bonds is 4. The standard InChI is InChI=1S/C23H21N3O3S/c1-12-5-6-13(2)17(11-12)26-19(16-7-9-24-10-8-16)18(21(28)23(26)29)20(27)22-14(3)25-15(4)30-22/h5-11,19,28H,1-4H3. The summed E-state index contributed by atoms with van der Waals surface area (Å²) in [6.07, 6.45) is 3.22. The van der Waals surface area contributed by atoms with Gasteiger partial charge in [0.25, 0.3) is 5.91 Å². The molecule has 6 nitrogen and oxygen atoms in total. The molecule has 0 radical (unpaired) electrons. The minimum absolute atomic E-state index is 0.0684. The second kappa shape index (κ2) is 7.50. The summed E-state index contributed by atoms with van der Waals surface area (Å²) in [5, 5.41) is 11.6. The third kappa shape index (κ3) is 3.21. The zero-order chi connectivity index (χ0) is 21.6. The van der Waals surface area contributed by atoms with Crippen LogP contribution in [0.2, 0.25) is 0 Å². The number of pyridine rings is 1. The van der Waals surface area contributed by atoms with Crippen LogP contribution < -0.4 is 4.90 Å². The smallest absolute Gasteiger partial charge is 0.294 e. The van der Waals surface area contributed by atoms with Gasteiger partial charge in [-0.15, -0.1) is 11.3 Å². The van der Waals surface area contributed by atoms with E-state index in [4.69, 9.17) is 0 Å². The maximum absolute atomic E-state index is 13.5. The molecule has 4 rings (SSSR count). The third-order valence-corrected chi connectivity index (χ3v) is 6.28. The highest BCUT2D eigenvalue weighted by atomic mass is 32.1. The number of ketones is 1. The van der Waals surface area contributed by atoms with Crippen LogP contribution in [0, 0.1) is 27.7 Å². The van der Waals surface area contributed by atoms with Crippen molar-refractivity contribution in [1.29, 1.82) is 0 Å². The van der Waals surface area contributed by atoms with E-state index < -0.39 is 17.7 Å². The number of benzene rings is 1. The van der Waals surface area contributed by atoms with Crippen molar-refractivity contribution < 1.29 is 14.7 Å². The summed E-state index contributed by atoms with van der Waals surface area (Å²) < 4.78 is 0. The Labute approximate surface area is 178 Å². The fourth-order valence-corrected chi connectivity index (χ4v) is 4.66. The molecular formula is C23H21N3O3S. The molecular weight excluding hydrogens is 398 g/mol. The van der Waals surface area contributed by atoms with Crippen LogP contribution in [0.25, 0.3) is 0 Å². The highest BCUT2D eigenvalue weighted by Gasteiger charge is 2.45. The number of carbonyl (C=O) groups excluding carboxylic acids is 2. The number of aromatic nitrogens is 2. The number of Topliss-reactive ketones (excluding diaryl/α,β-unsaturated/α-hetero) is 1. The van der Waals surface area contributed by atoms with Crippen molar-refractivity contribution in [1.82, 2.24) is 9.97 Å². The Morgan fingerprint density at radius 2 is 1.80 bits per heavy atom. The number of anilines is 1. The zero-order valence-electron chi connectivity index (χ0n) is 17.1. The monoisotopic (exact) mass is 419 g/mol. The second-order valence-electron chi connectivity index (χ2n) is 7.39. The van der Waals surface area contributed by atoms with Gasteiger partial charge in [-0.1, -0.05) is 12.1 Å². The van der Waals surface area contributed by atoms with Gasteiger partial charge in [-0.05, 0) is 62.6 Å². The highest BCUT2D eigenvalue weighted by Crippen LogP contribution is 2.43. The molecule has 3 heterocycles. The molecule has 0 saturated carbocycles. The molecule has 1 amide bonds. The number of aliphatic hydroxyl groups excluding tert-OH is 1. The fraction of sp³-hybridized carbons (Fsp3) is 0.217. The predicted octanol–water partition coefficient (Wildman–Crippen LogP) is 4.55. The number of hydrogen-bond donors (Lipinski definition) is 1. The van der Waals surface area contributed by atoms with Crippen molar-refractivity contribution in [3.05, 3.63) is 86.3 Å². The lowest BCUT2D eigenvalue weighted by Gasteiger charge is -2.28. The zero-order valence-corrected chi connectivity index (χ0v) is 17.9. The van der Waals surface area contributed by atoms with Gasteiger partial charge in [0.15, 0.2) is 5.76 Å². The van der Waals surface area contributed by atoms with E-state index >= 15 is 0 Å². The molecule has 30 heavy (non-hydrogen) atoms. The largest absolute Gasteiger partial charge is 0.503 e. The summed E-state index contributed by atoms with van der Waals surface area (Å²) in [5.41, 5.74) is 3.87. The number of thiazole rings is 1. The molecule has 0 fully saturated rings. The summed E-state index contributed by atoms with van der Waals surface area (Å²) in [5.74, 6) is -1.49. The highest BCUT2D eigenvalue weighted by molar-refractivity contribution is 7.14. The van der Waals surface area contributed by atoms with E-state index in [1.165, 1.54) is 16.2 Å². The van der Waals surface area contributed by atoms with E-state index in [-0.39, 0.29) is 11.4 Å². The van der Waals surface area contributed by atoms with Crippen LogP contribution in [-0.4, -0.2) is 26.8 Å². The van der Waals surface area contributed by atoms with Crippen LogP contribution in [0.1, 0.15) is 43.1 Å². The Kier molecular flexibility index (Phi) is 4.99. The lowest BCUT2D eigenvalue weighted by molar-refractivity contribution is -0.117. The van der Waals surface area contributed by atoms with Gasteiger partial charge in [0, 0.05) is 18.1 Å². The quantitative estimate of drug-likeness (QED) is 0.627. The minimum atomic E-state index is -0.754. The van der Waals surface area contributed by atoms with E-state index in [2.05, 4.69) is 9.97 Å². The molecule has 3 aromatic rings. The first-order valence-corrected chi connectivity index (χ1v) is 10.3. The number of carbonyl (C=O) groups is 2. The van der Waals surface area contributed by atoms with Crippen LogP contribution in [0.15, 0.2) is 54.1 Å². The SMILES string of the molecule is Cc1ccc(C)c(N2C(=O)C(O)=C(C(=O)c3sc(C)nc3C)C2c2ccncc2)c1. The lowest BCUT2D eigenvalue weighted by Crippen LogP contribution is -2.31. The van der Waals surface area contributed by atoms with Crippen molar-refractivity contribution in [2.24, 2.45) is 0 Å². The summed E-state index contributed by atoms with van der Waals surface area (Å²) in [4.78, 5) is 37.1. The number of aryl methyl sites for hydroxylation is 4. The number of amides is 1. The van der Waals surface area contributed by atoms with E-state index in [1.807, 2.05) is 39.0 Å². The first-order valence-electron chi connectivity index (χ1n) is 9.52. The summed E-state index contributed by atoms with van der Waals surface area (Å²) >= 11 is 1.26. The third-order valence-electron chi connectivity index (χ3n) is 5.21. The lowest BCUT2D eigenvalue weighted by atomic mass is 9.95. The van der Waals surface area contributed by atoms with Gasteiger partial charge in [0.1, 0.15) is 0 Å². The molecule has 1 aromatic carbocycles. The minimum Gasteiger partial charge on any atom is -0.503 e. The van der Waals surface area contributed by atoms with Crippen molar-refractivity contribution in [2.45, 2.75) is 33.7 Å². The van der Waals surface area contributed by atoms with E-state index in [9.17, 15) is 14.7 Å². The van der Waals surface area contributed by atoms with Crippen molar-refractivity contribution >= 4 is 28.7 Å². The molecule has 1 unspecified atom stereocenters. The number of aliphatic hydroxyl groups is 1. The normalized spacial score (nSPS) is 16.5. The van der Waals surface area contributed by atoms with Gasteiger partial charge < -0.3 is 5.11 Å². The summed E-state index contributed by atoms with van der Waals surface area (Å²) in [6, 6.07) is 8.54. The molecule has 1 N–H and O–H groups in total. The molecule has 7 heteroatoms. The van der Waals surface area contributed by atoms with Crippen molar-refractivity contribution in [3.8, 4) is 0 Å². The van der Waals surface area contributed by atoms with Crippen molar-refractivity contribution in [2.75, 3.05) is 4.90 Å².